The van der Waals surface area contributed by atoms with Gasteiger partial charge in [-0.25, -0.2) is 15.0 Å². The van der Waals surface area contributed by atoms with Crippen LogP contribution in [0.3, 0.4) is 0 Å². The number of hydrogen-bond acceptors (Lipinski definition) is 7. The Morgan fingerprint density at radius 2 is 2.00 bits per heavy atom. The van der Waals surface area contributed by atoms with Gasteiger partial charge in [-0.15, -0.1) is 21.2 Å². The number of thiazole rings is 1. The predicted octanol–water partition coefficient (Wildman–Crippen LogP) is 3.02. The summed E-state index contributed by atoms with van der Waals surface area (Å²) in [5.41, 5.74) is 7.09. The Balaban J connectivity index is 1.61. The molecule has 0 saturated heterocycles. The maximum absolute atomic E-state index is 13.0. The number of aromatic nitrogens is 5. The molecule has 0 unspecified atom stereocenters. The highest BCUT2D eigenvalue weighted by atomic mass is 32.1. The highest BCUT2D eigenvalue weighted by molar-refractivity contribution is 7.13. The Morgan fingerprint density at radius 1 is 1.19 bits per heavy atom. The van der Waals surface area contributed by atoms with E-state index in [9.17, 15) is 4.79 Å². The second-order valence-electron chi connectivity index (χ2n) is 6.57. The van der Waals surface area contributed by atoms with Gasteiger partial charge in [-0.05, 0) is 12.3 Å². The topological polar surface area (TPSA) is 103 Å². The highest BCUT2D eigenvalue weighted by Gasteiger charge is 2.26. The maximum Gasteiger partial charge on any atom is 0.249 e. The fraction of sp³-hybridized carbons (Fsp3) is 0.471. The van der Waals surface area contributed by atoms with E-state index in [1.165, 1.54) is 53.2 Å². The van der Waals surface area contributed by atoms with Crippen molar-refractivity contribution in [2.24, 2.45) is 5.92 Å². The van der Waals surface area contributed by atoms with Crippen LogP contribution in [0.25, 0.3) is 11.2 Å². The van der Waals surface area contributed by atoms with Crippen molar-refractivity contribution in [2.75, 3.05) is 10.7 Å². The average molecular weight is 371 g/mol. The van der Waals surface area contributed by atoms with Crippen LogP contribution in [-0.4, -0.2) is 30.7 Å². The molecule has 1 fully saturated rings. The van der Waals surface area contributed by atoms with E-state index in [1.54, 1.807) is 18.6 Å². The summed E-state index contributed by atoms with van der Waals surface area (Å²) in [6, 6.07) is 0. The van der Waals surface area contributed by atoms with Gasteiger partial charge >= 0.3 is 0 Å². The third-order valence-electron chi connectivity index (χ3n) is 4.84. The van der Waals surface area contributed by atoms with E-state index in [0.717, 1.165) is 6.42 Å². The molecule has 0 radical (unpaired) electrons. The fourth-order valence-corrected chi connectivity index (χ4v) is 4.14. The third kappa shape index (κ3) is 3.26. The molecule has 1 aliphatic carbocycles. The van der Waals surface area contributed by atoms with E-state index in [2.05, 4.69) is 20.1 Å². The predicted molar refractivity (Wildman–Crippen MR) is 101 cm³/mol. The molecule has 136 valence electrons. The molecule has 0 atom stereocenters. The second kappa shape index (κ2) is 7.36. The summed E-state index contributed by atoms with van der Waals surface area (Å²) >= 11 is 1.37. The Labute approximate surface area is 155 Å². The average Bonchev–Trinajstić information content (AvgIpc) is 3.31. The van der Waals surface area contributed by atoms with Crippen LogP contribution in [0, 0.1) is 5.92 Å². The van der Waals surface area contributed by atoms with Crippen molar-refractivity contribution >= 4 is 39.4 Å². The van der Waals surface area contributed by atoms with Gasteiger partial charge in [-0.2, -0.15) is 5.01 Å². The Hall–Kier alpha value is -2.55. The van der Waals surface area contributed by atoms with Crippen molar-refractivity contribution in [1.82, 2.24) is 24.8 Å². The van der Waals surface area contributed by atoms with Crippen molar-refractivity contribution in [3.8, 4) is 0 Å². The first kappa shape index (κ1) is 16.9. The zero-order valence-electron chi connectivity index (χ0n) is 14.4. The number of amides is 1. The third-order valence-corrected chi connectivity index (χ3v) is 5.59. The lowest BCUT2D eigenvalue weighted by atomic mass is 9.86. The number of rotatable bonds is 5. The molecule has 9 heteroatoms. The molecule has 0 aromatic carbocycles. The zero-order valence-corrected chi connectivity index (χ0v) is 15.2. The van der Waals surface area contributed by atoms with Crippen molar-refractivity contribution in [2.45, 2.75) is 44.9 Å². The largest absolute Gasteiger partial charge is 0.380 e. The van der Waals surface area contributed by atoms with Gasteiger partial charge in [0.25, 0.3) is 0 Å². The van der Waals surface area contributed by atoms with Crippen molar-refractivity contribution < 1.29 is 4.79 Å². The van der Waals surface area contributed by atoms with Gasteiger partial charge in [0.15, 0.2) is 11.3 Å². The normalized spacial score (nSPS) is 15.4. The first-order chi connectivity index (χ1) is 12.7. The van der Waals surface area contributed by atoms with Crippen LogP contribution in [0.5, 0.6) is 0 Å². The number of nitrogens with zero attached hydrogens (tertiary/aromatic N) is 6. The molecule has 0 bridgehead atoms. The number of carbonyl (C=O) groups is 1. The first-order valence-electron chi connectivity index (χ1n) is 8.92. The lowest BCUT2D eigenvalue weighted by Gasteiger charge is -2.24. The lowest BCUT2D eigenvalue weighted by molar-refractivity contribution is -0.119. The number of hydrogen-bond donors (Lipinski definition) is 1. The molecule has 26 heavy (non-hydrogen) atoms. The second-order valence-corrected chi connectivity index (χ2v) is 7.44. The van der Waals surface area contributed by atoms with Crippen molar-refractivity contribution in [3.63, 3.8) is 0 Å². The van der Waals surface area contributed by atoms with Crippen LogP contribution in [0.1, 0.15) is 44.9 Å². The van der Waals surface area contributed by atoms with Gasteiger partial charge in [-0.3, -0.25) is 4.79 Å². The van der Waals surface area contributed by atoms with Gasteiger partial charge in [-0.1, -0.05) is 32.1 Å². The van der Waals surface area contributed by atoms with E-state index >= 15 is 0 Å². The van der Waals surface area contributed by atoms with Crippen LogP contribution >= 0.6 is 11.3 Å². The van der Waals surface area contributed by atoms with E-state index < -0.39 is 0 Å². The van der Waals surface area contributed by atoms with E-state index in [4.69, 9.17) is 5.73 Å². The number of anilines is 2. The Bertz CT molecular complexity index is 886. The van der Waals surface area contributed by atoms with Gasteiger partial charge < -0.3 is 5.73 Å². The summed E-state index contributed by atoms with van der Waals surface area (Å²) < 4.78 is 0. The molecule has 3 aromatic heterocycles. The van der Waals surface area contributed by atoms with Gasteiger partial charge in [0, 0.05) is 30.4 Å². The minimum atomic E-state index is -0.0648. The molecule has 0 aliphatic heterocycles. The van der Waals surface area contributed by atoms with Crippen LogP contribution in [-0.2, 0) is 4.79 Å². The van der Waals surface area contributed by atoms with Crippen molar-refractivity contribution in [3.05, 3.63) is 24.0 Å². The van der Waals surface area contributed by atoms with Crippen molar-refractivity contribution in [1.29, 1.82) is 0 Å². The quantitative estimate of drug-likeness (QED) is 0.739. The molecule has 3 heterocycles. The Kier molecular flexibility index (Phi) is 4.79. The van der Waals surface area contributed by atoms with Crippen LogP contribution in [0.4, 0.5) is 10.9 Å². The van der Waals surface area contributed by atoms with E-state index in [-0.39, 0.29) is 11.7 Å². The molecule has 1 aliphatic rings. The molecule has 1 amide bonds. The van der Waals surface area contributed by atoms with Gasteiger partial charge in [0.1, 0.15) is 0 Å². The standard InChI is InChI=1S/C17H21N7OS/c18-15-14-16(20-9-8-19-14)22-24(15)23(17-21-10-11-26-17)13(25)7-6-12-4-2-1-3-5-12/h8-12H,1-7,18H2. The zero-order chi connectivity index (χ0) is 17.9. The number of nitrogens with two attached hydrogens (primary N) is 1. The summed E-state index contributed by atoms with van der Waals surface area (Å²) in [6.45, 7) is 0. The summed E-state index contributed by atoms with van der Waals surface area (Å²) in [6.07, 6.45) is 12.4. The summed E-state index contributed by atoms with van der Waals surface area (Å²) in [7, 11) is 0. The Morgan fingerprint density at radius 3 is 2.73 bits per heavy atom. The monoisotopic (exact) mass is 371 g/mol. The minimum Gasteiger partial charge on any atom is -0.380 e. The summed E-state index contributed by atoms with van der Waals surface area (Å²) in [5, 5.41) is 8.19. The number of nitrogen functional groups attached to an aromatic ring is 1. The molecule has 3 aromatic rings. The van der Waals surface area contributed by atoms with Gasteiger partial charge in [0.05, 0.1) is 0 Å². The van der Waals surface area contributed by atoms with Crippen LogP contribution < -0.4 is 10.7 Å². The lowest BCUT2D eigenvalue weighted by Crippen LogP contribution is -2.37. The molecular weight excluding hydrogens is 350 g/mol. The molecule has 4 rings (SSSR count). The van der Waals surface area contributed by atoms with Crippen LogP contribution in [0.2, 0.25) is 0 Å². The van der Waals surface area contributed by atoms with Gasteiger partial charge in [0.2, 0.25) is 16.7 Å². The van der Waals surface area contributed by atoms with E-state index in [1.807, 2.05) is 5.38 Å². The molecule has 2 N–H and O–H groups in total. The first-order valence-corrected chi connectivity index (χ1v) is 9.80. The minimum absolute atomic E-state index is 0.0648. The number of fused-ring (bicyclic) bond motifs is 1. The molecule has 1 saturated carbocycles. The fourth-order valence-electron chi connectivity index (χ4n) is 3.50. The molecule has 8 nitrogen and oxygen atoms in total. The molecule has 0 spiro atoms. The smallest absolute Gasteiger partial charge is 0.249 e. The van der Waals surface area contributed by atoms with E-state index in [0.29, 0.717) is 28.6 Å². The molecular formula is C17H21N7OS. The summed E-state index contributed by atoms with van der Waals surface area (Å²) in [5.74, 6) is 0.850. The van der Waals surface area contributed by atoms with Crippen LogP contribution in [0.15, 0.2) is 24.0 Å². The maximum atomic E-state index is 13.0. The summed E-state index contributed by atoms with van der Waals surface area (Å²) in [4.78, 5) is 27.1. The SMILES string of the molecule is Nc1c2nccnc2nn1N(C(=O)CCC1CCCCC1)c1nccs1. The highest BCUT2D eigenvalue weighted by Crippen LogP contribution is 2.29. The number of carbonyl (C=O) groups excluding carboxylic acids is 1.